The topological polar surface area (TPSA) is 83.8 Å². The maximum Gasteiger partial charge on any atom is 0.339 e. The summed E-state index contributed by atoms with van der Waals surface area (Å²) in [5, 5.41) is 17.3. The number of unbranched alkanes of at least 4 members (excludes halogenated alkanes) is 1. The highest BCUT2D eigenvalue weighted by atomic mass is 16.5. The molecule has 0 heterocycles. The van der Waals surface area contributed by atoms with Gasteiger partial charge in [0.2, 0.25) is 0 Å². The molecule has 0 aliphatic carbocycles. The molecule has 5 nitrogen and oxygen atoms in total. The number of aliphatic carboxylic acids is 1. The van der Waals surface area contributed by atoms with Gasteiger partial charge in [-0.3, -0.25) is 4.79 Å². The van der Waals surface area contributed by atoms with Crippen LogP contribution in [0, 0.1) is 0 Å². The maximum atomic E-state index is 10.8. The molecule has 0 aliphatic rings. The molecule has 0 fully saturated rings. The number of rotatable bonds is 7. The SMILES string of the molecule is O=C(O)CCCCOc1ccccc1C(=O)O. The molecule has 0 aliphatic heterocycles. The summed E-state index contributed by atoms with van der Waals surface area (Å²) in [6.45, 7) is 0.317. The van der Waals surface area contributed by atoms with Gasteiger partial charge >= 0.3 is 11.9 Å². The molecule has 2 N–H and O–H groups in total. The molecule has 0 aromatic heterocycles. The first-order valence-electron chi connectivity index (χ1n) is 5.28. The Kier molecular flexibility index (Phi) is 5.00. The Labute approximate surface area is 98.6 Å². The van der Waals surface area contributed by atoms with Crippen molar-refractivity contribution in [3.05, 3.63) is 29.8 Å². The van der Waals surface area contributed by atoms with Crippen LogP contribution in [0.1, 0.15) is 29.6 Å². The molecule has 0 saturated carbocycles. The van der Waals surface area contributed by atoms with Gasteiger partial charge in [0.05, 0.1) is 6.61 Å². The summed E-state index contributed by atoms with van der Waals surface area (Å²) >= 11 is 0. The molecular weight excluding hydrogens is 224 g/mol. The average molecular weight is 238 g/mol. The van der Waals surface area contributed by atoms with Gasteiger partial charge in [-0.05, 0) is 25.0 Å². The normalized spacial score (nSPS) is 9.88. The average Bonchev–Trinajstić information content (AvgIpc) is 2.28. The molecule has 17 heavy (non-hydrogen) atoms. The van der Waals surface area contributed by atoms with Gasteiger partial charge in [-0.2, -0.15) is 0 Å². The fourth-order valence-corrected chi connectivity index (χ4v) is 1.33. The number of carboxylic acid groups (broad SMARTS) is 2. The first kappa shape index (κ1) is 13.0. The second-order valence-corrected chi connectivity index (χ2v) is 3.50. The van der Waals surface area contributed by atoms with Gasteiger partial charge in [-0.15, -0.1) is 0 Å². The monoisotopic (exact) mass is 238 g/mol. The van der Waals surface area contributed by atoms with Gasteiger partial charge < -0.3 is 14.9 Å². The van der Waals surface area contributed by atoms with Gasteiger partial charge in [0, 0.05) is 6.42 Å². The van der Waals surface area contributed by atoms with E-state index in [4.69, 9.17) is 14.9 Å². The van der Waals surface area contributed by atoms with E-state index in [0.29, 0.717) is 25.2 Å². The summed E-state index contributed by atoms with van der Waals surface area (Å²) in [7, 11) is 0. The Morgan fingerprint density at radius 1 is 1.12 bits per heavy atom. The summed E-state index contributed by atoms with van der Waals surface area (Å²) in [5.41, 5.74) is 0.116. The van der Waals surface area contributed by atoms with Crippen LogP contribution in [0.5, 0.6) is 5.75 Å². The van der Waals surface area contributed by atoms with Crippen LogP contribution < -0.4 is 4.74 Å². The molecule has 92 valence electrons. The number of aromatic carboxylic acids is 1. The highest BCUT2D eigenvalue weighted by Gasteiger charge is 2.09. The van der Waals surface area contributed by atoms with Crippen molar-refractivity contribution in [1.29, 1.82) is 0 Å². The predicted molar refractivity (Wildman–Crippen MR) is 60.4 cm³/mol. The number of carbonyl (C=O) groups is 2. The van der Waals surface area contributed by atoms with Crippen molar-refractivity contribution in [2.24, 2.45) is 0 Å². The van der Waals surface area contributed by atoms with Crippen LogP contribution in [0.3, 0.4) is 0 Å². The minimum Gasteiger partial charge on any atom is -0.493 e. The van der Waals surface area contributed by atoms with E-state index in [1.165, 1.54) is 6.07 Å². The minimum atomic E-state index is -1.04. The zero-order chi connectivity index (χ0) is 12.7. The van der Waals surface area contributed by atoms with Crippen molar-refractivity contribution in [1.82, 2.24) is 0 Å². The Hall–Kier alpha value is -2.04. The number of carboxylic acids is 2. The second-order valence-electron chi connectivity index (χ2n) is 3.50. The Balaban J connectivity index is 2.41. The lowest BCUT2D eigenvalue weighted by molar-refractivity contribution is -0.137. The third-order valence-corrected chi connectivity index (χ3v) is 2.16. The van der Waals surface area contributed by atoms with Crippen molar-refractivity contribution in [3.8, 4) is 5.75 Å². The first-order chi connectivity index (χ1) is 8.11. The highest BCUT2D eigenvalue weighted by molar-refractivity contribution is 5.90. The van der Waals surface area contributed by atoms with E-state index in [-0.39, 0.29) is 12.0 Å². The number of benzene rings is 1. The standard InChI is InChI=1S/C12H14O5/c13-11(14)7-3-4-8-17-10-6-2-1-5-9(10)12(15)16/h1-2,5-6H,3-4,7-8H2,(H,13,14)(H,15,16). The molecule has 1 aromatic carbocycles. The quantitative estimate of drug-likeness (QED) is 0.710. The number of ether oxygens (including phenoxy) is 1. The Bertz CT molecular complexity index is 400. The Morgan fingerprint density at radius 2 is 1.82 bits per heavy atom. The van der Waals surface area contributed by atoms with Crippen LogP contribution in [0.2, 0.25) is 0 Å². The largest absolute Gasteiger partial charge is 0.493 e. The zero-order valence-corrected chi connectivity index (χ0v) is 9.26. The second kappa shape index (κ2) is 6.52. The van der Waals surface area contributed by atoms with Crippen LogP contribution >= 0.6 is 0 Å². The van der Waals surface area contributed by atoms with Crippen molar-refractivity contribution >= 4 is 11.9 Å². The molecule has 1 aromatic rings. The van der Waals surface area contributed by atoms with Crippen LogP contribution in [-0.4, -0.2) is 28.8 Å². The van der Waals surface area contributed by atoms with E-state index in [2.05, 4.69) is 0 Å². The summed E-state index contributed by atoms with van der Waals surface area (Å²) in [6, 6.07) is 6.37. The highest BCUT2D eigenvalue weighted by Crippen LogP contribution is 2.18. The fourth-order valence-electron chi connectivity index (χ4n) is 1.33. The van der Waals surface area contributed by atoms with Crippen LogP contribution in [0.4, 0.5) is 0 Å². The molecule has 0 bridgehead atoms. The smallest absolute Gasteiger partial charge is 0.339 e. The van der Waals surface area contributed by atoms with Crippen molar-refractivity contribution in [3.63, 3.8) is 0 Å². The molecule has 0 unspecified atom stereocenters. The zero-order valence-electron chi connectivity index (χ0n) is 9.26. The minimum absolute atomic E-state index is 0.101. The number of hydrogen-bond acceptors (Lipinski definition) is 3. The number of hydrogen-bond donors (Lipinski definition) is 2. The lowest BCUT2D eigenvalue weighted by Gasteiger charge is -2.08. The van der Waals surface area contributed by atoms with Crippen LogP contribution in [0.25, 0.3) is 0 Å². The molecule has 0 atom stereocenters. The van der Waals surface area contributed by atoms with Crippen molar-refractivity contribution in [2.75, 3.05) is 6.61 Å². The van der Waals surface area contributed by atoms with E-state index in [9.17, 15) is 9.59 Å². The predicted octanol–water partition coefficient (Wildman–Crippen LogP) is 2.02. The summed E-state index contributed by atoms with van der Waals surface area (Å²) < 4.78 is 5.31. The summed E-state index contributed by atoms with van der Waals surface area (Å²) in [5.74, 6) is -1.56. The van der Waals surface area contributed by atoms with Gasteiger partial charge in [-0.1, -0.05) is 12.1 Å². The summed E-state index contributed by atoms with van der Waals surface area (Å²) in [6.07, 6.45) is 1.20. The van der Waals surface area contributed by atoms with E-state index < -0.39 is 11.9 Å². The molecule has 0 spiro atoms. The van der Waals surface area contributed by atoms with Gasteiger partial charge in [0.25, 0.3) is 0 Å². The van der Waals surface area contributed by atoms with E-state index in [1.807, 2.05) is 0 Å². The molecule has 1 rings (SSSR count). The van der Waals surface area contributed by atoms with Gasteiger partial charge in [0.15, 0.2) is 0 Å². The van der Waals surface area contributed by atoms with Crippen LogP contribution in [-0.2, 0) is 4.79 Å². The van der Waals surface area contributed by atoms with E-state index in [1.54, 1.807) is 18.2 Å². The summed E-state index contributed by atoms with van der Waals surface area (Å²) in [4.78, 5) is 21.1. The number of para-hydroxylation sites is 1. The van der Waals surface area contributed by atoms with Gasteiger partial charge in [0.1, 0.15) is 11.3 Å². The van der Waals surface area contributed by atoms with Gasteiger partial charge in [-0.25, -0.2) is 4.79 Å². The van der Waals surface area contributed by atoms with Crippen LogP contribution in [0.15, 0.2) is 24.3 Å². The molecule has 5 heteroatoms. The van der Waals surface area contributed by atoms with Crippen molar-refractivity contribution < 1.29 is 24.5 Å². The lowest BCUT2D eigenvalue weighted by Crippen LogP contribution is -2.05. The molecule has 0 radical (unpaired) electrons. The molecule has 0 amide bonds. The molecule has 0 saturated heterocycles. The third-order valence-electron chi connectivity index (χ3n) is 2.16. The molecular formula is C12H14O5. The van der Waals surface area contributed by atoms with E-state index >= 15 is 0 Å². The van der Waals surface area contributed by atoms with Crippen molar-refractivity contribution in [2.45, 2.75) is 19.3 Å². The lowest BCUT2D eigenvalue weighted by atomic mass is 10.2. The third kappa shape index (κ3) is 4.55. The maximum absolute atomic E-state index is 10.8. The first-order valence-corrected chi connectivity index (χ1v) is 5.28. The van der Waals surface area contributed by atoms with E-state index in [0.717, 1.165) is 0 Å². The Morgan fingerprint density at radius 3 is 2.47 bits per heavy atom. The fraction of sp³-hybridized carbons (Fsp3) is 0.333.